The van der Waals surface area contributed by atoms with E-state index in [1.54, 1.807) is 0 Å². The lowest BCUT2D eigenvalue weighted by Crippen LogP contribution is -2.18. The number of rotatable bonds is 5. The average molecular weight is 699 g/mol. The Balaban J connectivity index is 1.16. The van der Waals surface area contributed by atoms with Crippen molar-refractivity contribution in [2.45, 2.75) is 25.7 Å². The molecular formula is C50H38N2S. The van der Waals surface area contributed by atoms with Crippen LogP contribution in [0, 0.1) is 0 Å². The molecule has 8 aromatic rings. The molecule has 0 saturated carbocycles. The summed E-state index contributed by atoms with van der Waals surface area (Å²) in [6.07, 6.45) is 5.61. The molecule has 0 unspecified atom stereocenters. The first-order chi connectivity index (χ1) is 25.9. The van der Waals surface area contributed by atoms with Gasteiger partial charge in [0.1, 0.15) is 0 Å². The van der Waals surface area contributed by atoms with Gasteiger partial charge in [-0.2, -0.15) is 0 Å². The molecule has 6 aromatic carbocycles. The van der Waals surface area contributed by atoms with Crippen LogP contribution in [-0.2, 0) is 5.41 Å². The fraction of sp³-hybridized carbons (Fsp3) is 0.0800. The summed E-state index contributed by atoms with van der Waals surface area (Å²) in [4.78, 5) is 11.5. The monoisotopic (exact) mass is 698 g/mol. The van der Waals surface area contributed by atoms with Gasteiger partial charge < -0.3 is 0 Å². The zero-order valence-corrected chi connectivity index (χ0v) is 30.7. The SMILES string of the molecule is C=C1c2cc(-c3ccccc3-c3cccc(-c4nc(-c5ccccc5)cc(-c5ccccc5)n4)c3)ccc2C(C)(C)C/C=C\c2c1sc1ccccc21. The second-order valence-electron chi connectivity index (χ2n) is 14.4. The molecule has 0 radical (unpaired) electrons. The minimum atomic E-state index is -0.0576. The van der Waals surface area contributed by atoms with E-state index in [4.69, 9.17) is 16.5 Å². The average Bonchev–Trinajstić information content (AvgIpc) is 3.60. The number of hydrogen-bond acceptors (Lipinski definition) is 3. The van der Waals surface area contributed by atoms with Crippen molar-refractivity contribution < 1.29 is 0 Å². The van der Waals surface area contributed by atoms with Gasteiger partial charge in [0.2, 0.25) is 0 Å². The maximum absolute atomic E-state index is 5.12. The molecule has 0 N–H and O–H groups in total. The zero-order chi connectivity index (χ0) is 35.9. The van der Waals surface area contributed by atoms with Crippen molar-refractivity contribution in [3.05, 3.63) is 192 Å². The van der Waals surface area contributed by atoms with Gasteiger partial charge in [-0.3, -0.25) is 0 Å². The van der Waals surface area contributed by atoms with Crippen molar-refractivity contribution in [2.24, 2.45) is 0 Å². The smallest absolute Gasteiger partial charge is 0.160 e. The van der Waals surface area contributed by atoms with Crippen molar-refractivity contribution in [3.63, 3.8) is 0 Å². The summed E-state index contributed by atoms with van der Waals surface area (Å²) in [6.45, 7) is 9.47. The van der Waals surface area contributed by atoms with Crippen LogP contribution in [0.5, 0.6) is 0 Å². The Bertz CT molecular complexity index is 2620. The molecule has 0 aliphatic heterocycles. The summed E-state index contributed by atoms with van der Waals surface area (Å²) in [6, 6.07) is 55.9. The van der Waals surface area contributed by atoms with E-state index in [9.17, 15) is 0 Å². The van der Waals surface area contributed by atoms with Crippen molar-refractivity contribution in [3.8, 4) is 56.2 Å². The normalized spacial score (nSPS) is 14.1. The summed E-state index contributed by atoms with van der Waals surface area (Å²) >= 11 is 1.84. The second kappa shape index (κ2) is 13.4. The van der Waals surface area contributed by atoms with E-state index in [1.165, 1.54) is 42.8 Å². The summed E-state index contributed by atoms with van der Waals surface area (Å²) in [5.41, 5.74) is 14.4. The molecule has 0 amide bonds. The number of aromatic nitrogens is 2. The van der Waals surface area contributed by atoms with Crippen LogP contribution in [0.2, 0.25) is 0 Å². The lowest BCUT2D eigenvalue weighted by molar-refractivity contribution is 0.534. The fourth-order valence-electron chi connectivity index (χ4n) is 7.61. The molecule has 1 aliphatic carbocycles. The van der Waals surface area contributed by atoms with Crippen LogP contribution >= 0.6 is 11.3 Å². The predicted octanol–water partition coefficient (Wildman–Crippen LogP) is 13.8. The number of fused-ring (bicyclic) bond motifs is 4. The Morgan fingerprint density at radius 2 is 1.13 bits per heavy atom. The molecule has 0 saturated heterocycles. The van der Waals surface area contributed by atoms with Gasteiger partial charge in [0.05, 0.1) is 11.4 Å². The van der Waals surface area contributed by atoms with Crippen LogP contribution in [0.3, 0.4) is 0 Å². The van der Waals surface area contributed by atoms with Gasteiger partial charge in [-0.1, -0.05) is 166 Å². The van der Waals surface area contributed by atoms with Gasteiger partial charge in [-0.25, -0.2) is 9.97 Å². The Labute approximate surface area is 315 Å². The van der Waals surface area contributed by atoms with E-state index < -0.39 is 0 Å². The van der Waals surface area contributed by atoms with E-state index in [2.05, 4.69) is 172 Å². The van der Waals surface area contributed by atoms with E-state index in [-0.39, 0.29) is 5.41 Å². The quantitative estimate of drug-likeness (QED) is 0.179. The molecule has 0 fully saturated rings. The van der Waals surface area contributed by atoms with Crippen LogP contribution in [0.15, 0.2) is 170 Å². The van der Waals surface area contributed by atoms with Crippen molar-refractivity contribution >= 4 is 33.1 Å². The van der Waals surface area contributed by atoms with Crippen molar-refractivity contribution in [1.29, 1.82) is 0 Å². The van der Waals surface area contributed by atoms with Crippen molar-refractivity contribution in [1.82, 2.24) is 9.97 Å². The Morgan fingerprint density at radius 1 is 0.547 bits per heavy atom. The first kappa shape index (κ1) is 32.7. The molecule has 0 bridgehead atoms. The van der Waals surface area contributed by atoms with Crippen LogP contribution in [0.25, 0.3) is 77.9 Å². The molecule has 254 valence electrons. The molecule has 0 atom stereocenters. The Kier molecular flexibility index (Phi) is 8.29. The van der Waals surface area contributed by atoms with E-state index in [0.717, 1.165) is 51.2 Å². The standard InChI is InChI=1S/C50H38N2S/c1-33-43-31-37(27-28-44(43)50(2,3)29-15-25-42-41-24-12-13-26-47(41)53-48(33)42)40-23-11-10-22-39(40)36-20-14-21-38(30-36)49-51-45(34-16-6-4-7-17-34)32-46(52-49)35-18-8-5-9-19-35/h4-28,30-32H,1,29H2,2-3H3/b25-15-. The zero-order valence-electron chi connectivity index (χ0n) is 29.9. The van der Waals surface area contributed by atoms with Crippen LogP contribution < -0.4 is 0 Å². The summed E-state index contributed by atoms with van der Waals surface area (Å²) in [7, 11) is 0. The first-order valence-corrected chi connectivity index (χ1v) is 19.0. The predicted molar refractivity (Wildman–Crippen MR) is 226 cm³/mol. The maximum Gasteiger partial charge on any atom is 0.160 e. The highest BCUT2D eigenvalue weighted by Crippen LogP contribution is 2.45. The van der Waals surface area contributed by atoms with Gasteiger partial charge in [0.25, 0.3) is 0 Å². The lowest BCUT2D eigenvalue weighted by atomic mass is 9.77. The third-order valence-corrected chi connectivity index (χ3v) is 11.7. The molecule has 0 spiro atoms. The van der Waals surface area contributed by atoms with E-state index >= 15 is 0 Å². The fourth-order valence-corrected chi connectivity index (χ4v) is 8.79. The highest BCUT2D eigenvalue weighted by Gasteiger charge is 2.27. The van der Waals surface area contributed by atoms with Crippen molar-refractivity contribution in [2.75, 3.05) is 0 Å². The second-order valence-corrected chi connectivity index (χ2v) is 15.4. The Hall–Kier alpha value is -6.16. The van der Waals surface area contributed by atoms with E-state index in [1.807, 2.05) is 23.5 Å². The van der Waals surface area contributed by atoms with Crippen LogP contribution in [0.1, 0.15) is 41.8 Å². The largest absolute Gasteiger partial charge is 0.228 e. The summed E-state index contributed by atoms with van der Waals surface area (Å²) in [5.74, 6) is 0.702. The topological polar surface area (TPSA) is 25.8 Å². The molecular weight excluding hydrogens is 661 g/mol. The first-order valence-electron chi connectivity index (χ1n) is 18.2. The van der Waals surface area contributed by atoms with Gasteiger partial charge in [0.15, 0.2) is 5.82 Å². The molecule has 2 aromatic heterocycles. The van der Waals surface area contributed by atoms with Crippen LogP contribution in [-0.4, -0.2) is 9.97 Å². The minimum Gasteiger partial charge on any atom is -0.228 e. The molecule has 1 aliphatic rings. The number of allylic oxidation sites excluding steroid dienone is 1. The molecule has 9 rings (SSSR count). The van der Waals surface area contributed by atoms with Gasteiger partial charge in [0, 0.05) is 37.2 Å². The number of nitrogens with zero attached hydrogens (tertiary/aromatic N) is 2. The summed E-state index contributed by atoms with van der Waals surface area (Å²) in [5, 5.41) is 1.29. The molecule has 2 nitrogen and oxygen atoms in total. The van der Waals surface area contributed by atoms with Crippen LogP contribution in [0.4, 0.5) is 0 Å². The highest BCUT2D eigenvalue weighted by molar-refractivity contribution is 7.20. The third kappa shape index (κ3) is 6.13. The van der Waals surface area contributed by atoms with E-state index in [0.29, 0.717) is 5.82 Å². The number of thiophene rings is 1. The third-order valence-electron chi connectivity index (χ3n) is 10.4. The molecule has 3 heteroatoms. The highest BCUT2D eigenvalue weighted by atomic mass is 32.1. The van der Waals surface area contributed by atoms with Gasteiger partial charge in [-0.15, -0.1) is 11.3 Å². The Morgan fingerprint density at radius 3 is 1.83 bits per heavy atom. The number of hydrogen-bond donors (Lipinski definition) is 0. The lowest BCUT2D eigenvalue weighted by Gasteiger charge is -2.27. The summed E-state index contributed by atoms with van der Waals surface area (Å²) < 4.78 is 1.29. The maximum atomic E-state index is 5.12. The molecule has 2 heterocycles. The van der Waals surface area contributed by atoms with Gasteiger partial charge in [-0.05, 0) is 75.1 Å². The minimum absolute atomic E-state index is 0.0576. The van der Waals surface area contributed by atoms with Gasteiger partial charge >= 0.3 is 0 Å². The number of benzene rings is 6. The molecule has 53 heavy (non-hydrogen) atoms.